The Bertz CT molecular complexity index is 629. The summed E-state index contributed by atoms with van der Waals surface area (Å²) in [4.78, 5) is 6.56. The summed E-state index contributed by atoms with van der Waals surface area (Å²) in [6.45, 7) is 5.40. The summed E-state index contributed by atoms with van der Waals surface area (Å²) in [5.41, 5.74) is 3.34. The second kappa shape index (κ2) is 6.77. The molecular weight excluding hydrogens is 300 g/mol. The number of hydrogen-bond acceptors (Lipinski definition) is 4. The van der Waals surface area contributed by atoms with Crippen LogP contribution in [-0.2, 0) is 24.8 Å². The smallest absolute Gasteiger partial charge is 0.131 e. The molecule has 1 fully saturated rings. The highest BCUT2D eigenvalue weighted by atomic mass is 35.5. The molecule has 0 unspecified atom stereocenters. The number of halogens is 1. The van der Waals surface area contributed by atoms with E-state index in [0.29, 0.717) is 0 Å². The highest BCUT2D eigenvalue weighted by molar-refractivity contribution is 6.30. The van der Waals surface area contributed by atoms with Gasteiger partial charge in [-0.05, 0) is 12.5 Å². The predicted molar refractivity (Wildman–Crippen MR) is 85.8 cm³/mol. The van der Waals surface area contributed by atoms with Gasteiger partial charge in [0.2, 0.25) is 0 Å². The number of aryl methyl sites for hydroxylation is 2. The molecule has 0 saturated carbocycles. The lowest BCUT2D eigenvalue weighted by molar-refractivity contribution is -0.0331. The molecule has 3 rings (SSSR count). The van der Waals surface area contributed by atoms with E-state index in [4.69, 9.17) is 16.3 Å². The molecule has 1 aliphatic rings. The van der Waals surface area contributed by atoms with Crippen molar-refractivity contribution in [3.05, 3.63) is 46.5 Å². The lowest BCUT2D eigenvalue weighted by Gasteiger charge is -2.33. The van der Waals surface area contributed by atoms with Crippen LogP contribution >= 0.6 is 11.6 Å². The average Bonchev–Trinajstić information content (AvgIpc) is 2.84. The number of hydrogen-bond donors (Lipinski definition) is 0. The zero-order chi connectivity index (χ0) is 15.5. The fraction of sp³-hybridized carbons (Fsp3) is 0.500. The molecule has 1 atom stereocenters. The molecule has 22 heavy (non-hydrogen) atoms. The number of nitrogens with zero attached hydrogens (tertiary/aromatic N) is 4. The molecule has 0 aromatic carbocycles. The molecule has 0 spiro atoms. The number of morpholine rings is 1. The molecule has 2 aromatic heterocycles. The minimum Gasteiger partial charge on any atom is -0.371 e. The first-order chi connectivity index (χ1) is 10.7. The number of pyridine rings is 1. The Hall–Kier alpha value is -1.43. The molecule has 118 valence electrons. The van der Waals surface area contributed by atoms with Crippen LogP contribution in [0.3, 0.4) is 0 Å². The van der Waals surface area contributed by atoms with Crippen molar-refractivity contribution in [1.82, 2.24) is 19.7 Å². The Balaban J connectivity index is 1.73. The van der Waals surface area contributed by atoms with Crippen LogP contribution in [0.25, 0.3) is 0 Å². The van der Waals surface area contributed by atoms with Crippen molar-refractivity contribution in [2.75, 3.05) is 19.7 Å². The average molecular weight is 321 g/mol. The van der Waals surface area contributed by atoms with Gasteiger partial charge in [0.05, 0.1) is 18.4 Å². The van der Waals surface area contributed by atoms with Gasteiger partial charge in [-0.2, -0.15) is 5.10 Å². The minimum atomic E-state index is 0.0722. The van der Waals surface area contributed by atoms with Crippen LogP contribution in [0.1, 0.15) is 29.8 Å². The van der Waals surface area contributed by atoms with Crippen LogP contribution in [0.15, 0.2) is 24.5 Å². The highest BCUT2D eigenvalue weighted by Gasteiger charge is 2.24. The van der Waals surface area contributed by atoms with Gasteiger partial charge in [0.1, 0.15) is 5.15 Å². The third kappa shape index (κ3) is 3.16. The van der Waals surface area contributed by atoms with Crippen LogP contribution in [-0.4, -0.2) is 39.4 Å². The van der Waals surface area contributed by atoms with Gasteiger partial charge >= 0.3 is 0 Å². The second-order valence-electron chi connectivity index (χ2n) is 5.57. The van der Waals surface area contributed by atoms with E-state index in [1.54, 1.807) is 10.9 Å². The summed E-state index contributed by atoms with van der Waals surface area (Å²) >= 11 is 6.40. The van der Waals surface area contributed by atoms with E-state index in [0.717, 1.165) is 54.6 Å². The van der Waals surface area contributed by atoms with Crippen molar-refractivity contribution in [3.63, 3.8) is 0 Å². The Morgan fingerprint density at radius 2 is 2.32 bits per heavy atom. The van der Waals surface area contributed by atoms with Gasteiger partial charge in [0, 0.05) is 50.2 Å². The molecule has 6 heteroatoms. The standard InChI is InChI=1S/C16H21ClN4O/c1-3-14-13(16(17)20(2)19-14)10-21-7-8-22-15(11-21)12-5-4-6-18-9-12/h4-6,9,15H,3,7-8,10-11H2,1-2H3/t15-/m1/s1. The molecule has 0 aliphatic carbocycles. The summed E-state index contributed by atoms with van der Waals surface area (Å²) in [5, 5.41) is 5.23. The van der Waals surface area contributed by atoms with E-state index in [2.05, 4.69) is 28.0 Å². The SMILES string of the molecule is CCc1nn(C)c(Cl)c1CN1CCO[C@@H](c2cccnc2)C1. The first-order valence-electron chi connectivity index (χ1n) is 7.63. The van der Waals surface area contributed by atoms with E-state index in [1.165, 1.54) is 0 Å². The van der Waals surface area contributed by atoms with Gasteiger partial charge in [-0.15, -0.1) is 0 Å². The van der Waals surface area contributed by atoms with Gasteiger partial charge in [-0.1, -0.05) is 24.6 Å². The molecule has 0 radical (unpaired) electrons. The van der Waals surface area contributed by atoms with Gasteiger partial charge in [-0.25, -0.2) is 0 Å². The molecule has 3 heterocycles. The molecular formula is C16H21ClN4O. The molecule has 0 bridgehead atoms. The first-order valence-corrected chi connectivity index (χ1v) is 8.01. The zero-order valence-electron chi connectivity index (χ0n) is 13.0. The van der Waals surface area contributed by atoms with Crippen molar-refractivity contribution < 1.29 is 4.74 Å². The normalized spacial score (nSPS) is 19.5. The van der Waals surface area contributed by atoms with Crippen molar-refractivity contribution >= 4 is 11.6 Å². The van der Waals surface area contributed by atoms with Crippen molar-refractivity contribution in [2.24, 2.45) is 7.05 Å². The largest absolute Gasteiger partial charge is 0.371 e. The van der Waals surface area contributed by atoms with E-state index in [9.17, 15) is 0 Å². The fourth-order valence-electron chi connectivity index (χ4n) is 2.88. The Kier molecular flexibility index (Phi) is 4.76. The van der Waals surface area contributed by atoms with E-state index in [1.807, 2.05) is 19.3 Å². The maximum Gasteiger partial charge on any atom is 0.131 e. The van der Waals surface area contributed by atoms with Gasteiger partial charge in [-0.3, -0.25) is 14.6 Å². The van der Waals surface area contributed by atoms with Crippen LogP contribution in [0.4, 0.5) is 0 Å². The summed E-state index contributed by atoms with van der Waals surface area (Å²) in [7, 11) is 1.89. The van der Waals surface area contributed by atoms with E-state index >= 15 is 0 Å². The van der Waals surface area contributed by atoms with Gasteiger partial charge in [0.25, 0.3) is 0 Å². The van der Waals surface area contributed by atoms with Gasteiger partial charge < -0.3 is 4.74 Å². The quantitative estimate of drug-likeness (QED) is 0.868. The third-order valence-electron chi connectivity index (χ3n) is 4.08. The summed E-state index contributed by atoms with van der Waals surface area (Å²) < 4.78 is 7.65. The lowest BCUT2D eigenvalue weighted by atomic mass is 10.1. The molecule has 1 aliphatic heterocycles. The maximum atomic E-state index is 6.40. The van der Waals surface area contributed by atoms with Crippen molar-refractivity contribution in [3.8, 4) is 0 Å². The summed E-state index contributed by atoms with van der Waals surface area (Å²) in [5.74, 6) is 0. The molecule has 5 nitrogen and oxygen atoms in total. The second-order valence-corrected chi connectivity index (χ2v) is 5.93. The Morgan fingerprint density at radius 3 is 3.05 bits per heavy atom. The highest BCUT2D eigenvalue weighted by Crippen LogP contribution is 2.26. The molecule has 0 amide bonds. The van der Waals surface area contributed by atoms with Crippen molar-refractivity contribution in [1.29, 1.82) is 0 Å². The van der Waals surface area contributed by atoms with Crippen LogP contribution in [0.2, 0.25) is 5.15 Å². The van der Waals surface area contributed by atoms with E-state index < -0.39 is 0 Å². The van der Waals surface area contributed by atoms with Crippen LogP contribution in [0.5, 0.6) is 0 Å². The topological polar surface area (TPSA) is 43.2 Å². The summed E-state index contributed by atoms with van der Waals surface area (Å²) in [6.07, 6.45) is 4.63. The lowest BCUT2D eigenvalue weighted by Crippen LogP contribution is -2.38. The molecule has 2 aromatic rings. The van der Waals surface area contributed by atoms with Crippen LogP contribution in [0, 0.1) is 0 Å². The van der Waals surface area contributed by atoms with Crippen LogP contribution < -0.4 is 0 Å². The fourth-order valence-corrected chi connectivity index (χ4v) is 3.08. The number of aromatic nitrogens is 3. The number of ether oxygens (including phenoxy) is 1. The molecule has 1 saturated heterocycles. The zero-order valence-corrected chi connectivity index (χ0v) is 13.8. The Labute approximate surface area is 135 Å². The monoisotopic (exact) mass is 320 g/mol. The van der Waals surface area contributed by atoms with E-state index in [-0.39, 0.29) is 6.10 Å². The first kappa shape index (κ1) is 15.5. The van der Waals surface area contributed by atoms with Crippen molar-refractivity contribution in [2.45, 2.75) is 26.0 Å². The predicted octanol–water partition coefficient (Wildman–Crippen LogP) is 2.60. The molecule has 0 N–H and O–H groups in total. The minimum absolute atomic E-state index is 0.0722. The Morgan fingerprint density at radius 1 is 1.45 bits per heavy atom. The van der Waals surface area contributed by atoms with Gasteiger partial charge in [0.15, 0.2) is 0 Å². The third-order valence-corrected chi connectivity index (χ3v) is 4.55. The number of rotatable bonds is 4. The maximum absolute atomic E-state index is 6.40. The summed E-state index contributed by atoms with van der Waals surface area (Å²) in [6, 6.07) is 4.01.